The second-order valence-electron chi connectivity index (χ2n) is 8.24. The Labute approximate surface area is 157 Å². The molecule has 0 aliphatic carbocycles. The van der Waals surface area contributed by atoms with Crippen LogP contribution in [0.25, 0.3) is 0 Å². The average molecular weight is 370 g/mol. The van der Waals surface area contributed by atoms with Gasteiger partial charge in [-0.3, -0.25) is 9.59 Å². The first-order valence-corrected chi connectivity index (χ1v) is 9.53. The molecular weight excluding hydrogens is 334 g/mol. The number of likely N-dealkylation sites (tertiary alicyclic amines) is 1. The maximum absolute atomic E-state index is 12.4. The summed E-state index contributed by atoms with van der Waals surface area (Å²) >= 11 is 0. The van der Waals surface area contributed by atoms with E-state index in [9.17, 15) is 14.4 Å². The van der Waals surface area contributed by atoms with Gasteiger partial charge in [0.2, 0.25) is 11.8 Å². The van der Waals surface area contributed by atoms with Crippen molar-refractivity contribution in [2.75, 3.05) is 33.2 Å². The minimum absolute atomic E-state index is 0.0395. The number of nitrogens with one attached hydrogen (secondary N) is 1. The molecule has 0 bridgehead atoms. The molecule has 0 radical (unpaired) electrons. The van der Waals surface area contributed by atoms with Crippen LogP contribution in [0, 0.1) is 11.8 Å². The SMILES string of the molecule is CCC(C)C(=O)NCC(=O)N1CCCC(CN(C)C(=O)OC(C)(C)C)C1. The Bertz CT molecular complexity index is 502. The van der Waals surface area contributed by atoms with Gasteiger partial charge in [-0.15, -0.1) is 0 Å². The van der Waals surface area contributed by atoms with Gasteiger partial charge in [0.05, 0.1) is 6.54 Å². The number of piperidine rings is 1. The van der Waals surface area contributed by atoms with Gasteiger partial charge in [0, 0.05) is 32.6 Å². The van der Waals surface area contributed by atoms with Gasteiger partial charge in [-0.1, -0.05) is 13.8 Å². The van der Waals surface area contributed by atoms with E-state index in [1.54, 1.807) is 16.8 Å². The lowest BCUT2D eigenvalue weighted by molar-refractivity contribution is -0.135. The van der Waals surface area contributed by atoms with Crippen molar-refractivity contribution in [3.05, 3.63) is 0 Å². The highest BCUT2D eigenvalue weighted by Crippen LogP contribution is 2.18. The number of carbonyl (C=O) groups is 3. The molecule has 2 atom stereocenters. The predicted molar refractivity (Wildman–Crippen MR) is 101 cm³/mol. The Morgan fingerprint density at radius 2 is 1.96 bits per heavy atom. The van der Waals surface area contributed by atoms with Crippen molar-refractivity contribution in [1.29, 1.82) is 0 Å². The second-order valence-corrected chi connectivity index (χ2v) is 8.24. The van der Waals surface area contributed by atoms with Crippen LogP contribution in [0.4, 0.5) is 4.79 Å². The number of rotatable bonds is 6. The summed E-state index contributed by atoms with van der Waals surface area (Å²) in [4.78, 5) is 39.6. The summed E-state index contributed by atoms with van der Waals surface area (Å²) in [5, 5.41) is 2.72. The van der Waals surface area contributed by atoms with Crippen LogP contribution in [0.15, 0.2) is 0 Å². The minimum atomic E-state index is -0.520. The van der Waals surface area contributed by atoms with E-state index >= 15 is 0 Å². The molecule has 0 spiro atoms. The fourth-order valence-electron chi connectivity index (χ4n) is 2.88. The smallest absolute Gasteiger partial charge is 0.410 e. The minimum Gasteiger partial charge on any atom is -0.444 e. The summed E-state index contributed by atoms with van der Waals surface area (Å²) in [6, 6.07) is 0. The Morgan fingerprint density at radius 1 is 1.31 bits per heavy atom. The average Bonchev–Trinajstić information content (AvgIpc) is 2.57. The van der Waals surface area contributed by atoms with Gasteiger partial charge in [0.1, 0.15) is 5.60 Å². The van der Waals surface area contributed by atoms with Crippen molar-refractivity contribution in [3.63, 3.8) is 0 Å². The summed E-state index contributed by atoms with van der Waals surface area (Å²) in [6.45, 7) is 11.2. The van der Waals surface area contributed by atoms with E-state index < -0.39 is 5.60 Å². The molecule has 0 saturated carbocycles. The predicted octanol–water partition coefficient (Wildman–Crippen LogP) is 2.25. The number of amides is 3. The van der Waals surface area contributed by atoms with Gasteiger partial charge in [-0.05, 0) is 46.0 Å². The van der Waals surface area contributed by atoms with E-state index in [0.29, 0.717) is 19.6 Å². The van der Waals surface area contributed by atoms with Crippen LogP contribution < -0.4 is 5.32 Å². The zero-order chi connectivity index (χ0) is 19.9. The van der Waals surface area contributed by atoms with Crippen LogP contribution in [-0.4, -0.2) is 66.5 Å². The molecule has 1 rings (SSSR count). The van der Waals surface area contributed by atoms with Crippen molar-refractivity contribution < 1.29 is 19.1 Å². The molecule has 26 heavy (non-hydrogen) atoms. The number of ether oxygens (including phenoxy) is 1. The number of carbonyl (C=O) groups excluding carboxylic acids is 3. The van der Waals surface area contributed by atoms with Crippen LogP contribution in [-0.2, 0) is 14.3 Å². The molecule has 1 fully saturated rings. The molecule has 3 amide bonds. The number of hydrogen-bond donors (Lipinski definition) is 1. The van der Waals surface area contributed by atoms with Gasteiger partial charge in [0.15, 0.2) is 0 Å². The molecule has 7 heteroatoms. The topological polar surface area (TPSA) is 79.0 Å². The molecule has 0 aromatic carbocycles. The lowest BCUT2D eigenvalue weighted by Crippen LogP contribution is -2.48. The van der Waals surface area contributed by atoms with Crippen LogP contribution in [0.2, 0.25) is 0 Å². The number of hydrogen-bond acceptors (Lipinski definition) is 4. The summed E-state index contributed by atoms with van der Waals surface area (Å²) in [7, 11) is 1.72. The monoisotopic (exact) mass is 369 g/mol. The van der Waals surface area contributed by atoms with E-state index in [0.717, 1.165) is 19.3 Å². The van der Waals surface area contributed by atoms with Crippen molar-refractivity contribution >= 4 is 17.9 Å². The Morgan fingerprint density at radius 3 is 2.54 bits per heavy atom. The highest BCUT2D eigenvalue weighted by Gasteiger charge is 2.27. The van der Waals surface area contributed by atoms with Crippen molar-refractivity contribution in [2.45, 2.75) is 59.5 Å². The molecule has 0 aromatic rings. The number of nitrogens with zero attached hydrogens (tertiary/aromatic N) is 2. The second kappa shape index (κ2) is 9.78. The van der Waals surface area contributed by atoms with Crippen LogP contribution >= 0.6 is 0 Å². The van der Waals surface area contributed by atoms with Gasteiger partial charge >= 0.3 is 6.09 Å². The molecule has 0 aromatic heterocycles. The Balaban J connectivity index is 2.47. The van der Waals surface area contributed by atoms with E-state index in [1.807, 2.05) is 34.6 Å². The van der Waals surface area contributed by atoms with Gasteiger partial charge in [-0.25, -0.2) is 4.79 Å². The summed E-state index contributed by atoms with van der Waals surface area (Å²) < 4.78 is 5.37. The Hall–Kier alpha value is -1.79. The van der Waals surface area contributed by atoms with E-state index in [2.05, 4.69) is 5.32 Å². The molecule has 150 valence electrons. The summed E-state index contributed by atoms with van der Waals surface area (Å²) in [5.41, 5.74) is -0.520. The van der Waals surface area contributed by atoms with Crippen molar-refractivity contribution in [1.82, 2.24) is 15.1 Å². The molecule has 2 unspecified atom stereocenters. The zero-order valence-electron chi connectivity index (χ0n) is 17.1. The standard InChI is InChI=1S/C19H35N3O4/c1-7-14(2)17(24)20-11-16(23)22-10-8-9-15(13-22)12-21(6)18(25)26-19(3,4)5/h14-15H,7-13H2,1-6H3,(H,20,24). The van der Waals surface area contributed by atoms with E-state index in [-0.39, 0.29) is 36.3 Å². The lowest BCUT2D eigenvalue weighted by Gasteiger charge is -2.35. The summed E-state index contributed by atoms with van der Waals surface area (Å²) in [5.74, 6) is -0.0137. The molecule has 7 nitrogen and oxygen atoms in total. The largest absolute Gasteiger partial charge is 0.444 e. The van der Waals surface area contributed by atoms with Crippen LogP contribution in [0.3, 0.4) is 0 Å². The first-order chi connectivity index (χ1) is 12.0. The van der Waals surface area contributed by atoms with E-state index in [4.69, 9.17) is 4.74 Å². The third kappa shape index (κ3) is 7.62. The fraction of sp³-hybridized carbons (Fsp3) is 0.842. The van der Waals surface area contributed by atoms with Gasteiger partial charge < -0.3 is 19.9 Å². The third-order valence-electron chi connectivity index (χ3n) is 4.58. The maximum atomic E-state index is 12.4. The Kier molecular flexibility index (Phi) is 8.37. The van der Waals surface area contributed by atoms with Gasteiger partial charge in [0.25, 0.3) is 0 Å². The third-order valence-corrected chi connectivity index (χ3v) is 4.58. The molecular formula is C19H35N3O4. The maximum Gasteiger partial charge on any atom is 0.410 e. The first kappa shape index (κ1) is 22.3. The van der Waals surface area contributed by atoms with Crippen LogP contribution in [0.1, 0.15) is 53.9 Å². The first-order valence-electron chi connectivity index (χ1n) is 9.53. The molecule has 1 aliphatic heterocycles. The molecule has 1 saturated heterocycles. The molecule has 1 N–H and O–H groups in total. The highest BCUT2D eigenvalue weighted by molar-refractivity contribution is 5.85. The summed E-state index contributed by atoms with van der Waals surface area (Å²) in [6.07, 6.45) is 2.28. The lowest BCUT2D eigenvalue weighted by atomic mass is 9.97. The zero-order valence-corrected chi connectivity index (χ0v) is 17.1. The quantitative estimate of drug-likeness (QED) is 0.779. The highest BCUT2D eigenvalue weighted by atomic mass is 16.6. The molecule has 1 heterocycles. The van der Waals surface area contributed by atoms with E-state index in [1.165, 1.54) is 0 Å². The fourth-order valence-corrected chi connectivity index (χ4v) is 2.88. The van der Waals surface area contributed by atoms with Gasteiger partial charge in [-0.2, -0.15) is 0 Å². The van der Waals surface area contributed by atoms with Crippen molar-refractivity contribution in [3.8, 4) is 0 Å². The normalized spacial score (nSPS) is 18.8. The molecule has 1 aliphatic rings. The van der Waals surface area contributed by atoms with Crippen LogP contribution in [0.5, 0.6) is 0 Å². The van der Waals surface area contributed by atoms with Crippen molar-refractivity contribution in [2.24, 2.45) is 11.8 Å².